The fourth-order valence-electron chi connectivity index (χ4n) is 2.14. The molecular weight excluding hydrogens is 310 g/mol. The van der Waals surface area contributed by atoms with Gasteiger partial charge < -0.3 is 4.98 Å². The lowest BCUT2D eigenvalue weighted by molar-refractivity contribution is 0.597. The van der Waals surface area contributed by atoms with E-state index in [9.17, 15) is 13.2 Å². The molecule has 0 saturated heterocycles. The zero-order chi connectivity index (χ0) is 15.0. The summed E-state index contributed by atoms with van der Waals surface area (Å²) in [6.07, 6.45) is 0. The van der Waals surface area contributed by atoms with Gasteiger partial charge in [0.1, 0.15) is 0 Å². The Kier molecular flexibility index (Phi) is 3.31. The SMILES string of the molecule is O=c1cc(S(=O)(=O)c2ccccc2)c2cc(Cl)ccc2[nH]1. The van der Waals surface area contributed by atoms with Crippen molar-refractivity contribution >= 4 is 32.3 Å². The lowest BCUT2D eigenvalue weighted by Gasteiger charge is -2.08. The van der Waals surface area contributed by atoms with Gasteiger partial charge in [-0.3, -0.25) is 4.79 Å². The van der Waals surface area contributed by atoms with E-state index in [1.807, 2.05) is 0 Å². The molecule has 21 heavy (non-hydrogen) atoms. The predicted molar refractivity (Wildman–Crippen MR) is 81.5 cm³/mol. The van der Waals surface area contributed by atoms with Gasteiger partial charge in [-0.25, -0.2) is 8.42 Å². The van der Waals surface area contributed by atoms with Crippen LogP contribution in [-0.4, -0.2) is 13.4 Å². The van der Waals surface area contributed by atoms with Crippen molar-refractivity contribution in [1.29, 1.82) is 0 Å². The Morgan fingerprint density at radius 3 is 2.38 bits per heavy atom. The fourth-order valence-corrected chi connectivity index (χ4v) is 3.81. The summed E-state index contributed by atoms with van der Waals surface area (Å²) in [4.78, 5) is 14.4. The van der Waals surface area contributed by atoms with Crippen LogP contribution in [0.1, 0.15) is 0 Å². The van der Waals surface area contributed by atoms with Gasteiger partial charge in [0.2, 0.25) is 15.4 Å². The number of H-pyrrole nitrogens is 1. The third-order valence-electron chi connectivity index (χ3n) is 3.11. The molecule has 0 fully saturated rings. The first-order valence-corrected chi connectivity index (χ1v) is 7.97. The molecule has 1 N–H and O–H groups in total. The third kappa shape index (κ3) is 2.46. The summed E-state index contributed by atoms with van der Waals surface area (Å²) in [5.41, 5.74) is -0.0410. The number of hydrogen-bond acceptors (Lipinski definition) is 3. The fraction of sp³-hybridized carbons (Fsp3) is 0. The van der Waals surface area contributed by atoms with Crippen molar-refractivity contribution in [3.8, 4) is 0 Å². The van der Waals surface area contributed by atoms with Crippen LogP contribution in [0.5, 0.6) is 0 Å². The Morgan fingerprint density at radius 1 is 0.952 bits per heavy atom. The molecule has 0 radical (unpaired) electrons. The highest BCUT2D eigenvalue weighted by Gasteiger charge is 2.21. The van der Waals surface area contributed by atoms with Crippen LogP contribution in [0.4, 0.5) is 0 Å². The average molecular weight is 320 g/mol. The molecule has 0 saturated carbocycles. The lowest BCUT2D eigenvalue weighted by atomic mass is 10.2. The number of aromatic amines is 1. The van der Waals surface area contributed by atoms with Gasteiger partial charge >= 0.3 is 0 Å². The summed E-state index contributed by atoms with van der Waals surface area (Å²) < 4.78 is 25.4. The van der Waals surface area contributed by atoms with E-state index in [4.69, 9.17) is 11.6 Å². The minimum atomic E-state index is -3.78. The summed E-state index contributed by atoms with van der Waals surface area (Å²) in [5.74, 6) is 0. The molecule has 2 aromatic carbocycles. The molecule has 0 bridgehead atoms. The first-order chi connectivity index (χ1) is 9.98. The minimum absolute atomic E-state index is 0.0463. The molecule has 0 spiro atoms. The Morgan fingerprint density at radius 2 is 1.67 bits per heavy atom. The van der Waals surface area contributed by atoms with Gasteiger partial charge in [-0.05, 0) is 30.3 Å². The van der Waals surface area contributed by atoms with E-state index in [1.54, 1.807) is 30.3 Å². The summed E-state index contributed by atoms with van der Waals surface area (Å²) in [6.45, 7) is 0. The number of hydrogen-bond donors (Lipinski definition) is 1. The van der Waals surface area contributed by atoms with E-state index in [0.29, 0.717) is 15.9 Å². The highest BCUT2D eigenvalue weighted by atomic mass is 35.5. The average Bonchev–Trinajstić information content (AvgIpc) is 2.48. The zero-order valence-corrected chi connectivity index (χ0v) is 12.3. The maximum absolute atomic E-state index is 12.7. The summed E-state index contributed by atoms with van der Waals surface area (Å²) in [7, 11) is -3.78. The monoisotopic (exact) mass is 319 g/mol. The molecule has 0 aliphatic carbocycles. The van der Waals surface area contributed by atoms with Gasteiger partial charge in [-0.2, -0.15) is 0 Å². The van der Waals surface area contributed by atoms with E-state index >= 15 is 0 Å². The van der Waals surface area contributed by atoms with Crippen molar-refractivity contribution in [2.45, 2.75) is 9.79 Å². The second-order valence-electron chi connectivity index (χ2n) is 4.50. The minimum Gasteiger partial charge on any atom is -0.322 e. The summed E-state index contributed by atoms with van der Waals surface area (Å²) in [5, 5.41) is 0.796. The van der Waals surface area contributed by atoms with Gasteiger partial charge in [0.25, 0.3) is 0 Å². The molecule has 1 aromatic heterocycles. The number of aromatic nitrogens is 1. The van der Waals surface area contributed by atoms with E-state index in [0.717, 1.165) is 6.07 Å². The van der Waals surface area contributed by atoms with Crippen molar-refractivity contribution in [3.05, 3.63) is 70.0 Å². The smallest absolute Gasteiger partial charge is 0.249 e. The van der Waals surface area contributed by atoms with Crippen molar-refractivity contribution in [1.82, 2.24) is 4.98 Å². The van der Waals surface area contributed by atoms with E-state index < -0.39 is 15.4 Å². The second kappa shape index (κ2) is 5.02. The maximum Gasteiger partial charge on any atom is 0.249 e. The molecule has 1 heterocycles. The topological polar surface area (TPSA) is 67.0 Å². The third-order valence-corrected chi connectivity index (χ3v) is 5.15. The van der Waals surface area contributed by atoms with Crippen molar-refractivity contribution in [2.75, 3.05) is 0 Å². The number of benzene rings is 2. The quantitative estimate of drug-likeness (QED) is 0.789. The van der Waals surface area contributed by atoms with Crippen LogP contribution >= 0.6 is 11.6 Å². The van der Waals surface area contributed by atoms with Crippen LogP contribution in [0.25, 0.3) is 10.9 Å². The Balaban J connectivity index is 2.40. The standard InChI is InChI=1S/C15H10ClNO3S/c16-10-6-7-13-12(8-10)14(9-15(18)17-13)21(19,20)11-4-2-1-3-5-11/h1-9H,(H,17,18). The summed E-state index contributed by atoms with van der Waals surface area (Å²) >= 11 is 5.94. The van der Waals surface area contributed by atoms with Crippen LogP contribution in [0.2, 0.25) is 5.02 Å². The molecule has 0 unspecified atom stereocenters. The molecule has 0 aliphatic rings. The molecule has 0 amide bonds. The predicted octanol–water partition coefficient (Wildman–Crippen LogP) is 3.01. The highest BCUT2D eigenvalue weighted by Crippen LogP contribution is 2.27. The van der Waals surface area contributed by atoms with Gasteiger partial charge in [0.15, 0.2) is 0 Å². The first-order valence-electron chi connectivity index (χ1n) is 6.11. The van der Waals surface area contributed by atoms with Gasteiger partial charge in [0, 0.05) is 22.0 Å². The number of nitrogens with one attached hydrogen (secondary N) is 1. The van der Waals surface area contributed by atoms with Crippen LogP contribution in [-0.2, 0) is 9.84 Å². The Labute approximate surface area is 125 Å². The van der Waals surface area contributed by atoms with Crippen LogP contribution in [0.15, 0.2) is 69.2 Å². The molecular formula is C15H10ClNO3S. The summed E-state index contributed by atoms with van der Waals surface area (Å²) in [6, 6.07) is 13.8. The van der Waals surface area contributed by atoms with Crippen LogP contribution in [0, 0.1) is 0 Å². The molecule has 3 aromatic rings. The molecule has 0 aliphatic heterocycles. The van der Waals surface area contributed by atoms with Crippen molar-refractivity contribution in [2.24, 2.45) is 0 Å². The van der Waals surface area contributed by atoms with Gasteiger partial charge in [-0.15, -0.1) is 0 Å². The lowest BCUT2D eigenvalue weighted by Crippen LogP contribution is -2.11. The van der Waals surface area contributed by atoms with Crippen LogP contribution < -0.4 is 5.56 Å². The van der Waals surface area contributed by atoms with Crippen LogP contribution in [0.3, 0.4) is 0 Å². The van der Waals surface area contributed by atoms with Crippen molar-refractivity contribution in [3.63, 3.8) is 0 Å². The molecule has 3 rings (SSSR count). The largest absolute Gasteiger partial charge is 0.322 e. The highest BCUT2D eigenvalue weighted by molar-refractivity contribution is 7.91. The maximum atomic E-state index is 12.7. The Bertz CT molecular complexity index is 979. The van der Waals surface area contributed by atoms with Gasteiger partial charge in [0.05, 0.1) is 9.79 Å². The van der Waals surface area contributed by atoms with Gasteiger partial charge in [-0.1, -0.05) is 29.8 Å². The number of fused-ring (bicyclic) bond motifs is 1. The van der Waals surface area contributed by atoms with E-state index in [2.05, 4.69) is 4.98 Å². The molecule has 0 atom stereocenters. The normalized spacial score (nSPS) is 11.7. The molecule has 4 nitrogen and oxygen atoms in total. The van der Waals surface area contributed by atoms with Crippen molar-refractivity contribution < 1.29 is 8.42 Å². The number of pyridine rings is 1. The zero-order valence-electron chi connectivity index (χ0n) is 10.7. The molecule has 6 heteroatoms. The van der Waals surface area contributed by atoms with E-state index in [-0.39, 0.29) is 9.79 Å². The first kappa shape index (κ1) is 13.9. The number of halogens is 1. The molecule has 106 valence electrons. The Hall–Kier alpha value is -2.11. The second-order valence-corrected chi connectivity index (χ2v) is 6.86. The number of sulfone groups is 1. The van der Waals surface area contributed by atoms with E-state index in [1.165, 1.54) is 18.2 Å². The number of rotatable bonds is 2.